The zero-order valence-corrected chi connectivity index (χ0v) is 15.4. The highest BCUT2D eigenvalue weighted by Gasteiger charge is 2.40. The minimum atomic E-state index is -0.234. The predicted octanol–water partition coefficient (Wildman–Crippen LogP) is -0.975. The third-order valence-corrected chi connectivity index (χ3v) is 6.11. The Kier molecular flexibility index (Phi) is 5.16. The Hall–Kier alpha value is -1.62. The van der Waals surface area contributed by atoms with E-state index < -0.39 is 0 Å². The number of nitrogens with one attached hydrogen (secondary N) is 4. The van der Waals surface area contributed by atoms with Crippen LogP contribution in [0.25, 0.3) is 0 Å². The summed E-state index contributed by atoms with van der Waals surface area (Å²) in [5.41, 5.74) is 13.1. The molecule has 0 aliphatic carbocycles. The van der Waals surface area contributed by atoms with Crippen molar-refractivity contribution in [3.63, 3.8) is 0 Å². The number of carbonyl (C=O) groups excluding carboxylic acids is 1. The number of aromatic nitrogens is 4. The summed E-state index contributed by atoms with van der Waals surface area (Å²) in [6, 6.07) is 1.07. The molecule has 0 radical (unpaired) electrons. The molecule has 144 valence electrons. The lowest BCUT2D eigenvalue weighted by Gasteiger charge is -2.36. The second kappa shape index (κ2) is 7.55. The van der Waals surface area contributed by atoms with Crippen molar-refractivity contribution in [2.45, 2.75) is 51.4 Å². The van der Waals surface area contributed by atoms with Gasteiger partial charge in [-0.05, 0) is 41.5 Å². The van der Waals surface area contributed by atoms with Crippen molar-refractivity contribution in [2.75, 3.05) is 19.6 Å². The van der Waals surface area contributed by atoms with E-state index in [1.807, 2.05) is 4.90 Å². The molecule has 0 spiro atoms. The first-order chi connectivity index (χ1) is 12.6. The Morgan fingerprint density at radius 2 is 2.00 bits per heavy atom. The van der Waals surface area contributed by atoms with E-state index in [0.29, 0.717) is 30.5 Å². The number of likely N-dealkylation sites (tertiary alicyclic amines) is 1. The van der Waals surface area contributed by atoms with Gasteiger partial charge in [-0.25, -0.2) is 10.1 Å². The minimum absolute atomic E-state index is 0.180. The van der Waals surface area contributed by atoms with Crippen LogP contribution in [-0.2, 0) is 4.79 Å². The SMILES string of the molecule is CC(C)C1CC(C2CCN(C(=O)C3CNNC3n3cnnn3)CC2)NN1. The quantitative estimate of drug-likeness (QED) is 0.540. The molecular weight excluding hydrogens is 334 g/mol. The number of rotatable bonds is 4. The van der Waals surface area contributed by atoms with Gasteiger partial charge in [-0.2, -0.15) is 0 Å². The number of amides is 1. The third-order valence-electron chi connectivity index (χ3n) is 6.11. The predicted molar refractivity (Wildman–Crippen MR) is 94.1 cm³/mol. The van der Waals surface area contributed by atoms with Crippen LogP contribution in [0.4, 0.5) is 0 Å². The van der Waals surface area contributed by atoms with Crippen LogP contribution in [0.1, 0.15) is 39.3 Å². The van der Waals surface area contributed by atoms with Crippen molar-refractivity contribution in [2.24, 2.45) is 17.8 Å². The molecule has 4 rings (SSSR count). The van der Waals surface area contributed by atoms with Gasteiger partial charge in [0.05, 0.1) is 5.92 Å². The van der Waals surface area contributed by atoms with Crippen molar-refractivity contribution in [3.05, 3.63) is 6.33 Å². The molecule has 0 saturated carbocycles. The smallest absolute Gasteiger partial charge is 0.230 e. The van der Waals surface area contributed by atoms with Crippen molar-refractivity contribution in [1.29, 1.82) is 0 Å². The van der Waals surface area contributed by atoms with Gasteiger partial charge in [0, 0.05) is 31.7 Å². The average molecular weight is 363 g/mol. The highest BCUT2D eigenvalue weighted by atomic mass is 16.2. The van der Waals surface area contributed by atoms with Crippen LogP contribution in [0.3, 0.4) is 0 Å². The summed E-state index contributed by atoms with van der Waals surface area (Å²) in [7, 11) is 0. The average Bonchev–Trinajstić information content (AvgIpc) is 3.41. The zero-order chi connectivity index (χ0) is 18.1. The van der Waals surface area contributed by atoms with E-state index in [9.17, 15) is 4.79 Å². The molecule has 1 aromatic rings. The lowest BCUT2D eigenvalue weighted by Crippen LogP contribution is -2.47. The first-order valence-corrected chi connectivity index (χ1v) is 9.64. The Bertz CT molecular complexity index is 599. The number of carbonyl (C=O) groups is 1. The molecule has 4 unspecified atom stereocenters. The Morgan fingerprint density at radius 3 is 2.65 bits per heavy atom. The summed E-state index contributed by atoms with van der Waals surface area (Å²) in [5, 5.41) is 11.3. The first-order valence-electron chi connectivity index (χ1n) is 9.64. The van der Waals surface area contributed by atoms with E-state index in [1.54, 1.807) is 11.0 Å². The van der Waals surface area contributed by atoms with Gasteiger partial charge in [-0.1, -0.05) is 13.8 Å². The molecule has 3 fully saturated rings. The number of piperidine rings is 1. The van der Waals surface area contributed by atoms with Crippen LogP contribution in [0, 0.1) is 17.8 Å². The van der Waals surface area contributed by atoms with E-state index in [0.717, 1.165) is 25.9 Å². The van der Waals surface area contributed by atoms with Gasteiger partial charge in [-0.15, -0.1) is 5.10 Å². The van der Waals surface area contributed by atoms with Crippen molar-refractivity contribution in [3.8, 4) is 0 Å². The number of nitrogens with zero attached hydrogens (tertiary/aromatic N) is 5. The molecule has 26 heavy (non-hydrogen) atoms. The maximum atomic E-state index is 13.0. The summed E-state index contributed by atoms with van der Waals surface area (Å²) in [6.07, 6.45) is 4.59. The summed E-state index contributed by atoms with van der Waals surface area (Å²) in [5.74, 6) is 1.26. The van der Waals surface area contributed by atoms with Gasteiger partial charge in [0.15, 0.2) is 0 Å². The third kappa shape index (κ3) is 3.46. The van der Waals surface area contributed by atoms with Crippen LogP contribution in [-0.4, -0.2) is 62.7 Å². The van der Waals surface area contributed by atoms with Crippen molar-refractivity contribution < 1.29 is 4.79 Å². The van der Waals surface area contributed by atoms with Crippen molar-refractivity contribution in [1.82, 2.24) is 46.8 Å². The van der Waals surface area contributed by atoms with Crippen LogP contribution in [0.15, 0.2) is 6.33 Å². The molecule has 0 bridgehead atoms. The number of hydrogen-bond acceptors (Lipinski definition) is 8. The van der Waals surface area contributed by atoms with E-state index in [-0.39, 0.29) is 18.0 Å². The van der Waals surface area contributed by atoms with E-state index in [2.05, 4.69) is 51.1 Å². The lowest BCUT2D eigenvalue weighted by atomic mass is 9.85. The molecule has 1 aromatic heterocycles. The summed E-state index contributed by atoms with van der Waals surface area (Å²) in [4.78, 5) is 15.0. The number of hydrazine groups is 2. The molecule has 10 nitrogen and oxygen atoms in total. The fourth-order valence-corrected chi connectivity index (χ4v) is 4.37. The van der Waals surface area contributed by atoms with Gasteiger partial charge in [0.1, 0.15) is 12.5 Å². The van der Waals surface area contributed by atoms with E-state index >= 15 is 0 Å². The van der Waals surface area contributed by atoms with Crippen LogP contribution in [0.5, 0.6) is 0 Å². The normalized spacial score (nSPS) is 33.3. The highest BCUT2D eigenvalue weighted by Crippen LogP contribution is 2.29. The van der Waals surface area contributed by atoms with Gasteiger partial charge < -0.3 is 4.90 Å². The second-order valence-electron chi connectivity index (χ2n) is 8.01. The minimum Gasteiger partial charge on any atom is -0.342 e. The zero-order valence-electron chi connectivity index (χ0n) is 15.4. The van der Waals surface area contributed by atoms with Crippen LogP contribution < -0.4 is 21.7 Å². The Labute approximate surface area is 153 Å². The van der Waals surface area contributed by atoms with E-state index in [1.165, 1.54) is 6.42 Å². The lowest BCUT2D eigenvalue weighted by molar-refractivity contribution is -0.137. The monoisotopic (exact) mass is 363 g/mol. The molecule has 4 atom stereocenters. The molecular formula is C16H29N9O. The molecule has 4 heterocycles. The molecule has 3 aliphatic heterocycles. The maximum Gasteiger partial charge on any atom is 0.230 e. The fraction of sp³-hybridized carbons (Fsp3) is 0.875. The Morgan fingerprint density at radius 1 is 1.19 bits per heavy atom. The number of hydrogen-bond donors (Lipinski definition) is 4. The van der Waals surface area contributed by atoms with Gasteiger partial charge in [0.2, 0.25) is 5.91 Å². The number of tetrazole rings is 1. The summed E-state index contributed by atoms with van der Waals surface area (Å²) < 4.78 is 1.61. The molecule has 3 saturated heterocycles. The van der Waals surface area contributed by atoms with Crippen molar-refractivity contribution >= 4 is 5.91 Å². The highest BCUT2D eigenvalue weighted by molar-refractivity contribution is 5.80. The molecule has 0 aromatic carbocycles. The molecule has 4 N–H and O–H groups in total. The largest absolute Gasteiger partial charge is 0.342 e. The van der Waals surface area contributed by atoms with Crippen LogP contribution >= 0.6 is 0 Å². The van der Waals surface area contributed by atoms with E-state index in [4.69, 9.17) is 0 Å². The van der Waals surface area contributed by atoms with Gasteiger partial charge in [-0.3, -0.25) is 21.1 Å². The summed E-state index contributed by atoms with van der Waals surface area (Å²) in [6.45, 7) is 6.76. The van der Waals surface area contributed by atoms with Crippen LogP contribution in [0.2, 0.25) is 0 Å². The second-order valence-corrected chi connectivity index (χ2v) is 8.01. The molecule has 3 aliphatic rings. The first kappa shape index (κ1) is 17.8. The van der Waals surface area contributed by atoms with Gasteiger partial charge in [0.25, 0.3) is 0 Å². The topological polar surface area (TPSA) is 112 Å². The van der Waals surface area contributed by atoms with Gasteiger partial charge >= 0.3 is 0 Å². The molecule has 10 heteroatoms. The molecule has 1 amide bonds. The fourth-order valence-electron chi connectivity index (χ4n) is 4.37. The standard InChI is InChI=1S/C16H29N9O/c1-10(2)13-7-14(20-19-13)11-3-5-24(6-4-11)16(26)12-8-17-21-15(12)25-9-18-22-23-25/h9-15,17,19-21H,3-8H2,1-2H3. The maximum absolute atomic E-state index is 13.0. The summed E-state index contributed by atoms with van der Waals surface area (Å²) >= 11 is 0. The Balaban J connectivity index is 1.31.